The van der Waals surface area contributed by atoms with Crippen LogP contribution in [0.25, 0.3) is 10.9 Å². The van der Waals surface area contributed by atoms with Crippen molar-refractivity contribution in [2.75, 3.05) is 39.5 Å². The van der Waals surface area contributed by atoms with Crippen molar-refractivity contribution in [1.29, 1.82) is 0 Å². The Kier molecular flexibility index (Phi) is 5.04. The topological polar surface area (TPSA) is 57.8 Å². The number of ether oxygens (including phenoxy) is 2. The van der Waals surface area contributed by atoms with Gasteiger partial charge in [0.2, 0.25) is 0 Å². The summed E-state index contributed by atoms with van der Waals surface area (Å²) in [4.78, 5) is 21.1. The molecule has 6 heteroatoms. The fourth-order valence-electron chi connectivity index (χ4n) is 5.94. The second-order valence-electron chi connectivity index (χ2n) is 9.94. The summed E-state index contributed by atoms with van der Waals surface area (Å²) in [5.41, 5.74) is 1.98. The van der Waals surface area contributed by atoms with Gasteiger partial charge >= 0.3 is 0 Å². The van der Waals surface area contributed by atoms with Gasteiger partial charge in [-0.05, 0) is 68.0 Å². The van der Waals surface area contributed by atoms with Crippen molar-refractivity contribution in [3.8, 4) is 0 Å². The molecule has 3 saturated heterocycles. The third-order valence-corrected chi connectivity index (χ3v) is 8.12. The molecular formula is C25H33N3O3. The number of nitrogens with zero attached hydrogens (tertiary/aromatic N) is 2. The van der Waals surface area contributed by atoms with E-state index in [0.29, 0.717) is 12.1 Å². The van der Waals surface area contributed by atoms with Crippen LogP contribution in [0.3, 0.4) is 0 Å². The Hall–Kier alpha value is -1.89. The smallest absolute Gasteiger partial charge is 0.253 e. The summed E-state index contributed by atoms with van der Waals surface area (Å²) in [6, 6.07) is 8.56. The van der Waals surface area contributed by atoms with Crippen molar-refractivity contribution >= 4 is 16.8 Å². The predicted octanol–water partition coefficient (Wildman–Crippen LogP) is 3.43. The van der Waals surface area contributed by atoms with Gasteiger partial charge in [0, 0.05) is 62.8 Å². The van der Waals surface area contributed by atoms with Crippen LogP contribution < -0.4 is 0 Å². The average Bonchev–Trinajstić information content (AvgIpc) is 3.52. The molecular weight excluding hydrogens is 390 g/mol. The number of hydrogen-bond donors (Lipinski definition) is 1. The lowest BCUT2D eigenvalue weighted by molar-refractivity contribution is -0.217. The molecule has 4 aliphatic rings. The third-order valence-electron chi connectivity index (χ3n) is 8.12. The van der Waals surface area contributed by atoms with Crippen LogP contribution in [0.2, 0.25) is 0 Å². The molecule has 1 spiro atoms. The molecule has 1 unspecified atom stereocenters. The highest BCUT2D eigenvalue weighted by molar-refractivity contribution is 5.98. The van der Waals surface area contributed by atoms with Crippen LogP contribution in [0.4, 0.5) is 0 Å². The van der Waals surface area contributed by atoms with Crippen molar-refractivity contribution in [2.45, 2.75) is 56.2 Å². The predicted molar refractivity (Wildman–Crippen MR) is 119 cm³/mol. The van der Waals surface area contributed by atoms with Crippen LogP contribution in [0.15, 0.2) is 30.5 Å². The van der Waals surface area contributed by atoms with Crippen LogP contribution in [0.5, 0.6) is 0 Å². The molecule has 4 fully saturated rings. The van der Waals surface area contributed by atoms with Crippen LogP contribution >= 0.6 is 0 Å². The van der Waals surface area contributed by atoms with Crippen molar-refractivity contribution < 1.29 is 14.3 Å². The zero-order valence-electron chi connectivity index (χ0n) is 18.2. The Labute approximate surface area is 183 Å². The molecule has 1 aromatic heterocycles. The second kappa shape index (κ2) is 7.91. The van der Waals surface area contributed by atoms with Gasteiger partial charge in [-0.3, -0.25) is 9.69 Å². The normalized spacial score (nSPS) is 27.0. The summed E-state index contributed by atoms with van der Waals surface area (Å²) < 4.78 is 12.1. The van der Waals surface area contributed by atoms with Crippen molar-refractivity contribution in [2.24, 2.45) is 5.92 Å². The van der Waals surface area contributed by atoms with Crippen LogP contribution in [0, 0.1) is 5.92 Å². The van der Waals surface area contributed by atoms with Gasteiger partial charge in [0.15, 0.2) is 0 Å². The quantitative estimate of drug-likeness (QED) is 0.801. The van der Waals surface area contributed by atoms with Gasteiger partial charge in [-0.25, -0.2) is 0 Å². The number of benzene rings is 1. The Morgan fingerprint density at radius 1 is 1.13 bits per heavy atom. The minimum Gasteiger partial charge on any atom is -0.381 e. The first-order valence-corrected chi connectivity index (χ1v) is 12.1. The first kappa shape index (κ1) is 19.8. The Morgan fingerprint density at radius 2 is 1.94 bits per heavy atom. The summed E-state index contributed by atoms with van der Waals surface area (Å²) in [5.74, 6) is 0.968. The number of piperidine rings is 1. The maximum Gasteiger partial charge on any atom is 0.253 e. The van der Waals surface area contributed by atoms with E-state index in [4.69, 9.17) is 9.47 Å². The molecule has 1 atom stereocenters. The zero-order valence-corrected chi connectivity index (χ0v) is 18.2. The molecule has 2 aromatic rings. The maximum atomic E-state index is 13.1. The second-order valence-corrected chi connectivity index (χ2v) is 9.94. The number of carbonyl (C=O) groups is 1. The number of carbonyl (C=O) groups excluding carboxylic acids is 1. The monoisotopic (exact) mass is 423 g/mol. The minimum atomic E-state index is 0.157. The van der Waals surface area contributed by atoms with Crippen LogP contribution in [0.1, 0.15) is 48.9 Å². The van der Waals surface area contributed by atoms with E-state index in [1.54, 1.807) is 0 Å². The minimum absolute atomic E-state index is 0.157. The van der Waals surface area contributed by atoms with E-state index in [0.717, 1.165) is 87.5 Å². The van der Waals surface area contributed by atoms with Crippen molar-refractivity contribution in [3.05, 3.63) is 36.0 Å². The van der Waals surface area contributed by atoms with Gasteiger partial charge in [0.05, 0.1) is 11.6 Å². The highest BCUT2D eigenvalue weighted by Crippen LogP contribution is 2.45. The van der Waals surface area contributed by atoms with E-state index in [2.05, 4.69) is 9.88 Å². The van der Waals surface area contributed by atoms with E-state index < -0.39 is 0 Å². The first-order chi connectivity index (χ1) is 15.2. The van der Waals surface area contributed by atoms with Crippen LogP contribution in [-0.4, -0.2) is 77.8 Å². The first-order valence-electron chi connectivity index (χ1n) is 12.1. The van der Waals surface area contributed by atoms with E-state index >= 15 is 0 Å². The number of H-pyrrole nitrogens is 1. The number of aromatic amines is 1. The van der Waals surface area contributed by atoms with Crippen molar-refractivity contribution in [1.82, 2.24) is 14.8 Å². The number of fused-ring (bicyclic) bond motifs is 1. The number of hydrogen-bond acceptors (Lipinski definition) is 4. The highest BCUT2D eigenvalue weighted by atomic mass is 16.5. The van der Waals surface area contributed by atoms with Gasteiger partial charge in [-0.15, -0.1) is 0 Å². The summed E-state index contributed by atoms with van der Waals surface area (Å²) >= 11 is 0. The fourth-order valence-corrected chi connectivity index (χ4v) is 5.94. The molecule has 1 amide bonds. The molecule has 1 aliphatic carbocycles. The Bertz CT molecular complexity index is 938. The number of likely N-dealkylation sites (tertiary alicyclic amines) is 2. The fraction of sp³-hybridized carbons (Fsp3) is 0.640. The van der Waals surface area contributed by atoms with E-state index in [1.165, 1.54) is 12.8 Å². The summed E-state index contributed by atoms with van der Waals surface area (Å²) in [7, 11) is 0. The molecule has 1 saturated carbocycles. The highest BCUT2D eigenvalue weighted by Gasteiger charge is 2.57. The Morgan fingerprint density at radius 3 is 2.71 bits per heavy atom. The number of rotatable bonds is 5. The average molecular weight is 424 g/mol. The molecule has 6 rings (SSSR count). The van der Waals surface area contributed by atoms with Crippen molar-refractivity contribution in [3.63, 3.8) is 0 Å². The lowest BCUT2D eigenvalue weighted by Gasteiger charge is -2.63. The summed E-state index contributed by atoms with van der Waals surface area (Å²) in [6.45, 7) is 5.36. The van der Waals surface area contributed by atoms with Gasteiger partial charge in [0.25, 0.3) is 5.91 Å². The molecule has 1 N–H and O–H groups in total. The summed E-state index contributed by atoms with van der Waals surface area (Å²) in [6.07, 6.45) is 9.24. The molecule has 1 aromatic carbocycles. The largest absolute Gasteiger partial charge is 0.381 e. The van der Waals surface area contributed by atoms with Gasteiger partial charge in [-0.2, -0.15) is 0 Å². The number of aromatic nitrogens is 1. The number of nitrogens with one attached hydrogen (secondary N) is 1. The number of amides is 1. The summed E-state index contributed by atoms with van der Waals surface area (Å²) in [5, 5.41) is 1.15. The van der Waals surface area contributed by atoms with E-state index in [9.17, 15) is 4.79 Å². The molecule has 0 bridgehead atoms. The standard InChI is InChI=1S/C25H33N3O3/c29-24(20-4-3-19-5-10-26-22(19)15-20)27-11-6-21(7-12-27)28-16-23(31-17-18-1-2-18)25(28)8-13-30-14-9-25/h3-5,10,15,18,21,23,26H,1-2,6-9,11-14,16-17H2. The lowest BCUT2D eigenvalue weighted by atomic mass is 9.73. The molecule has 0 radical (unpaired) electrons. The van der Waals surface area contributed by atoms with E-state index in [1.807, 2.05) is 35.4 Å². The maximum absolute atomic E-state index is 13.1. The van der Waals surface area contributed by atoms with Crippen LogP contribution in [-0.2, 0) is 9.47 Å². The van der Waals surface area contributed by atoms with Gasteiger partial charge in [0.1, 0.15) is 0 Å². The Balaban J connectivity index is 1.09. The molecule has 6 nitrogen and oxygen atoms in total. The molecule has 3 aliphatic heterocycles. The SMILES string of the molecule is O=C(c1ccc2cc[nH]c2c1)N1CCC(N2CC(OCC3CC3)C23CCOCC3)CC1. The lowest BCUT2D eigenvalue weighted by Crippen LogP contribution is -2.76. The van der Waals surface area contributed by atoms with Gasteiger partial charge < -0.3 is 19.4 Å². The third kappa shape index (κ3) is 3.59. The zero-order chi connectivity index (χ0) is 20.8. The molecule has 31 heavy (non-hydrogen) atoms. The van der Waals surface area contributed by atoms with Gasteiger partial charge in [-0.1, -0.05) is 6.07 Å². The molecule has 166 valence electrons. The van der Waals surface area contributed by atoms with E-state index in [-0.39, 0.29) is 11.4 Å². The molecule has 4 heterocycles.